The van der Waals surface area contributed by atoms with E-state index in [1.807, 2.05) is 39.0 Å². The van der Waals surface area contributed by atoms with Crippen molar-refractivity contribution in [2.24, 2.45) is 5.92 Å². The van der Waals surface area contributed by atoms with E-state index in [1.54, 1.807) is 18.3 Å². The molecule has 1 aromatic carbocycles. The molecule has 0 aliphatic heterocycles. The predicted octanol–water partition coefficient (Wildman–Crippen LogP) is 4.78. The number of hydrogen-bond donors (Lipinski definition) is 1. The fourth-order valence-corrected chi connectivity index (χ4v) is 3.66. The number of benzene rings is 1. The second-order valence-corrected chi connectivity index (χ2v) is 7.39. The van der Waals surface area contributed by atoms with Gasteiger partial charge in [0.1, 0.15) is 15.7 Å². The summed E-state index contributed by atoms with van der Waals surface area (Å²) in [4.78, 5) is 22.2. The summed E-state index contributed by atoms with van der Waals surface area (Å²) in [5.41, 5.74) is 2.30. The Morgan fingerprint density at radius 3 is 2.50 bits per heavy atom. The Morgan fingerprint density at radius 1 is 1.15 bits per heavy atom. The van der Waals surface area contributed by atoms with Crippen LogP contribution in [-0.2, 0) is 0 Å². The van der Waals surface area contributed by atoms with Gasteiger partial charge in [-0.05, 0) is 42.7 Å². The molecule has 1 atom stereocenters. The molecule has 3 rings (SSSR count). The summed E-state index contributed by atoms with van der Waals surface area (Å²) in [6.45, 7) is 5.86. The van der Waals surface area contributed by atoms with Crippen molar-refractivity contribution in [2.45, 2.75) is 26.8 Å². The molecule has 0 spiro atoms. The lowest BCUT2D eigenvalue weighted by molar-refractivity contribution is 0.0929. The summed E-state index contributed by atoms with van der Waals surface area (Å²) >= 11 is 1.33. The van der Waals surface area contributed by atoms with Crippen molar-refractivity contribution in [1.29, 1.82) is 0 Å². The van der Waals surface area contributed by atoms with Gasteiger partial charge in [-0.3, -0.25) is 9.78 Å². The number of aromatic nitrogens is 2. The van der Waals surface area contributed by atoms with Crippen LogP contribution in [0.3, 0.4) is 0 Å². The van der Waals surface area contributed by atoms with Crippen molar-refractivity contribution in [3.05, 3.63) is 70.6 Å². The number of pyridine rings is 1. The molecule has 0 fully saturated rings. The molecule has 0 radical (unpaired) electrons. The predicted molar refractivity (Wildman–Crippen MR) is 102 cm³/mol. The molecule has 3 aromatic rings. The summed E-state index contributed by atoms with van der Waals surface area (Å²) in [7, 11) is 0. The molecule has 1 unspecified atom stereocenters. The highest BCUT2D eigenvalue weighted by Gasteiger charge is 2.23. The number of halogens is 1. The van der Waals surface area contributed by atoms with Gasteiger partial charge in [0.15, 0.2) is 0 Å². The van der Waals surface area contributed by atoms with Crippen LogP contribution in [0.25, 0.3) is 10.7 Å². The molecule has 2 aromatic heterocycles. The van der Waals surface area contributed by atoms with Crippen molar-refractivity contribution in [2.75, 3.05) is 0 Å². The normalized spacial score (nSPS) is 12.2. The molecule has 134 valence electrons. The van der Waals surface area contributed by atoms with Crippen LogP contribution in [0.5, 0.6) is 0 Å². The second kappa shape index (κ2) is 7.74. The average Bonchev–Trinajstić information content (AvgIpc) is 3.03. The van der Waals surface area contributed by atoms with E-state index >= 15 is 0 Å². The Morgan fingerprint density at radius 2 is 1.88 bits per heavy atom. The molecule has 1 amide bonds. The van der Waals surface area contributed by atoms with Crippen molar-refractivity contribution >= 4 is 17.2 Å². The average molecular weight is 369 g/mol. The number of nitrogens with one attached hydrogen (secondary N) is 1. The lowest BCUT2D eigenvalue weighted by atomic mass is 9.96. The highest BCUT2D eigenvalue weighted by atomic mass is 32.1. The minimum atomic E-state index is -0.291. The first-order chi connectivity index (χ1) is 12.5. The Bertz CT molecular complexity index is 891. The maximum atomic E-state index is 13.2. The van der Waals surface area contributed by atoms with Gasteiger partial charge in [-0.15, -0.1) is 11.3 Å². The lowest BCUT2D eigenvalue weighted by Gasteiger charge is -2.22. The molecule has 0 saturated carbocycles. The van der Waals surface area contributed by atoms with E-state index in [-0.39, 0.29) is 23.7 Å². The number of hydrogen-bond acceptors (Lipinski definition) is 4. The van der Waals surface area contributed by atoms with Gasteiger partial charge in [0.05, 0.1) is 17.4 Å². The molecule has 2 heterocycles. The number of carbonyl (C=O) groups is 1. The fourth-order valence-electron chi connectivity index (χ4n) is 2.72. The highest BCUT2D eigenvalue weighted by molar-refractivity contribution is 7.17. The lowest BCUT2D eigenvalue weighted by Crippen LogP contribution is -2.31. The summed E-state index contributed by atoms with van der Waals surface area (Å²) < 4.78 is 13.2. The number of rotatable bonds is 5. The van der Waals surface area contributed by atoms with Crippen molar-refractivity contribution in [1.82, 2.24) is 15.3 Å². The van der Waals surface area contributed by atoms with Crippen LogP contribution in [0.2, 0.25) is 0 Å². The van der Waals surface area contributed by atoms with Gasteiger partial charge < -0.3 is 5.32 Å². The van der Waals surface area contributed by atoms with Gasteiger partial charge in [-0.25, -0.2) is 9.37 Å². The van der Waals surface area contributed by atoms with E-state index in [0.29, 0.717) is 10.6 Å². The van der Waals surface area contributed by atoms with Gasteiger partial charge in [0, 0.05) is 6.20 Å². The van der Waals surface area contributed by atoms with E-state index in [1.165, 1.54) is 23.5 Å². The summed E-state index contributed by atoms with van der Waals surface area (Å²) in [5, 5.41) is 3.78. The minimum Gasteiger partial charge on any atom is -0.344 e. The van der Waals surface area contributed by atoms with Crippen LogP contribution in [0.4, 0.5) is 4.39 Å². The quantitative estimate of drug-likeness (QED) is 0.704. The first-order valence-electron chi connectivity index (χ1n) is 8.41. The summed E-state index contributed by atoms with van der Waals surface area (Å²) in [5.74, 6) is -0.306. The topological polar surface area (TPSA) is 54.9 Å². The molecule has 4 nitrogen and oxygen atoms in total. The first-order valence-corrected chi connectivity index (χ1v) is 9.22. The monoisotopic (exact) mass is 369 g/mol. The zero-order valence-electron chi connectivity index (χ0n) is 14.9. The Balaban J connectivity index is 1.84. The van der Waals surface area contributed by atoms with Crippen molar-refractivity contribution in [3.8, 4) is 10.7 Å². The largest absolute Gasteiger partial charge is 0.344 e. The number of carbonyl (C=O) groups excluding carboxylic acids is 1. The molecule has 0 saturated heterocycles. The molecule has 0 bridgehead atoms. The Hall–Kier alpha value is -2.60. The van der Waals surface area contributed by atoms with Crippen LogP contribution < -0.4 is 5.32 Å². The minimum absolute atomic E-state index is 0.160. The molecule has 26 heavy (non-hydrogen) atoms. The number of nitrogens with zero attached hydrogens (tertiary/aromatic N) is 2. The Labute approximate surface area is 156 Å². The van der Waals surface area contributed by atoms with Crippen LogP contribution in [0.15, 0.2) is 48.7 Å². The maximum absolute atomic E-state index is 13.2. The van der Waals surface area contributed by atoms with E-state index in [0.717, 1.165) is 16.3 Å². The highest BCUT2D eigenvalue weighted by Crippen LogP contribution is 2.28. The molecule has 6 heteroatoms. The van der Waals surface area contributed by atoms with Gasteiger partial charge >= 0.3 is 0 Å². The van der Waals surface area contributed by atoms with Gasteiger partial charge in [0.25, 0.3) is 5.91 Å². The van der Waals surface area contributed by atoms with Crippen LogP contribution in [0.1, 0.15) is 40.8 Å². The maximum Gasteiger partial charge on any atom is 0.263 e. The fraction of sp³-hybridized carbons (Fsp3) is 0.250. The number of amides is 1. The van der Waals surface area contributed by atoms with Crippen LogP contribution in [-0.4, -0.2) is 15.9 Å². The standard InChI is InChI=1S/C20H20FN3OS/c1-12(2)17(14-7-9-15(21)10-8-14)24-19(25)18-13(3)23-20(26-18)16-6-4-5-11-22-16/h4-12,17H,1-3H3,(H,24,25). The van der Waals surface area contributed by atoms with E-state index in [2.05, 4.69) is 15.3 Å². The second-order valence-electron chi connectivity index (χ2n) is 6.40. The number of aryl methyl sites for hydroxylation is 1. The third-order valence-electron chi connectivity index (χ3n) is 4.07. The SMILES string of the molecule is Cc1nc(-c2ccccn2)sc1C(=O)NC(c1ccc(F)cc1)C(C)C. The van der Waals surface area contributed by atoms with E-state index in [9.17, 15) is 9.18 Å². The number of thiazole rings is 1. The molecule has 0 aliphatic rings. The van der Waals surface area contributed by atoms with Crippen molar-refractivity contribution in [3.63, 3.8) is 0 Å². The van der Waals surface area contributed by atoms with E-state index < -0.39 is 0 Å². The smallest absolute Gasteiger partial charge is 0.263 e. The van der Waals surface area contributed by atoms with Gasteiger partial charge in [0.2, 0.25) is 0 Å². The van der Waals surface area contributed by atoms with Crippen molar-refractivity contribution < 1.29 is 9.18 Å². The van der Waals surface area contributed by atoms with Crippen LogP contribution >= 0.6 is 11.3 Å². The molecule has 0 aliphatic carbocycles. The van der Waals surface area contributed by atoms with Crippen LogP contribution in [0, 0.1) is 18.7 Å². The summed E-state index contributed by atoms with van der Waals surface area (Å²) in [6.07, 6.45) is 1.70. The Kier molecular flexibility index (Phi) is 5.42. The molecular weight excluding hydrogens is 349 g/mol. The molecular formula is C20H20FN3OS. The zero-order valence-corrected chi connectivity index (χ0v) is 15.7. The zero-order chi connectivity index (χ0) is 18.7. The summed E-state index contributed by atoms with van der Waals surface area (Å²) in [6, 6.07) is 11.6. The van der Waals surface area contributed by atoms with E-state index in [4.69, 9.17) is 0 Å². The van der Waals surface area contributed by atoms with Gasteiger partial charge in [-0.2, -0.15) is 0 Å². The first kappa shape index (κ1) is 18.2. The third kappa shape index (κ3) is 3.96. The van der Waals surface area contributed by atoms with Gasteiger partial charge in [-0.1, -0.05) is 32.0 Å². The third-order valence-corrected chi connectivity index (χ3v) is 5.25. The molecule has 1 N–H and O–H groups in total.